The molecule has 0 spiro atoms. The molecule has 0 fully saturated rings. The molecule has 0 aromatic heterocycles. The van der Waals surface area contributed by atoms with E-state index in [1.165, 1.54) is 5.56 Å². The van der Waals surface area contributed by atoms with Gasteiger partial charge in [0.2, 0.25) is 5.91 Å². The van der Waals surface area contributed by atoms with Crippen LogP contribution in [-0.2, 0) is 4.79 Å². The highest BCUT2D eigenvalue weighted by Crippen LogP contribution is 2.26. The molecule has 1 aromatic rings. The molecule has 2 heteroatoms. The van der Waals surface area contributed by atoms with Gasteiger partial charge < -0.3 is 4.90 Å². The molecule has 0 atom stereocenters. The number of hydrogen-bond acceptors (Lipinski definition) is 1. The van der Waals surface area contributed by atoms with Gasteiger partial charge in [0.1, 0.15) is 0 Å². The average molecular weight is 207 g/mol. The largest absolute Gasteiger partial charge is 0.315 e. The van der Waals surface area contributed by atoms with Gasteiger partial charge in [0.25, 0.3) is 0 Å². The number of anilines is 1. The predicted molar refractivity (Wildman–Crippen MR) is 66.3 cm³/mol. The Morgan fingerprint density at radius 1 is 1.27 bits per heavy atom. The summed E-state index contributed by atoms with van der Waals surface area (Å²) >= 11 is 0. The van der Waals surface area contributed by atoms with Gasteiger partial charge in [-0.2, -0.15) is 0 Å². The SMILES string of the molecule is C.CC(=O)N(C)c1ccccc1C(C)C. The molecule has 0 saturated carbocycles. The minimum absolute atomic E-state index is 0. The Hall–Kier alpha value is -1.31. The predicted octanol–water partition coefficient (Wildman–Crippen LogP) is 3.43. The molecular formula is C13H21NO. The smallest absolute Gasteiger partial charge is 0.223 e. The van der Waals surface area contributed by atoms with Gasteiger partial charge in [0.05, 0.1) is 0 Å². The first-order valence-corrected chi connectivity index (χ1v) is 4.87. The summed E-state index contributed by atoms with van der Waals surface area (Å²) in [5, 5.41) is 0. The molecule has 0 radical (unpaired) electrons. The van der Waals surface area contributed by atoms with Crippen molar-refractivity contribution in [3.63, 3.8) is 0 Å². The maximum atomic E-state index is 11.2. The van der Waals surface area contributed by atoms with Crippen LogP contribution < -0.4 is 4.90 Å². The first kappa shape index (κ1) is 13.7. The van der Waals surface area contributed by atoms with Crippen LogP contribution in [0.15, 0.2) is 24.3 Å². The molecule has 0 saturated heterocycles. The van der Waals surface area contributed by atoms with Crippen molar-refractivity contribution in [3.05, 3.63) is 29.8 Å². The van der Waals surface area contributed by atoms with Crippen molar-refractivity contribution in [2.75, 3.05) is 11.9 Å². The minimum atomic E-state index is 0. The van der Waals surface area contributed by atoms with E-state index < -0.39 is 0 Å². The van der Waals surface area contributed by atoms with Crippen LogP contribution in [-0.4, -0.2) is 13.0 Å². The molecule has 1 rings (SSSR count). The third kappa shape index (κ3) is 3.08. The molecule has 0 aliphatic heterocycles. The van der Waals surface area contributed by atoms with Crippen LogP contribution in [0.4, 0.5) is 5.69 Å². The Kier molecular flexibility index (Phi) is 5.06. The summed E-state index contributed by atoms with van der Waals surface area (Å²) in [6, 6.07) is 8.02. The Labute approximate surface area is 92.9 Å². The summed E-state index contributed by atoms with van der Waals surface area (Å²) in [7, 11) is 1.81. The van der Waals surface area contributed by atoms with E-state index in [0.717, 1.165) is 5.69 Å². The number of rotatable bonds is 2. The molecule has 0 bridgehead atoms. The molecule has 15 heavy (non-hydrogen) atoms. The van der Waals surface area contributed by atoms with E-state index in [1.807, 2.05) is 25.2 Å². The Bertz CT molecular complexity index is 331. The monoisotopic (exact) mass is 207 g/mol. The van der Waals surface area contributed by atoms with Crippen molar-refractivity contribution in [2.45, 2.75) is 34.1 Å². The van der Waals surface area contributed by atoms with Crippen LogP contribution in [0.25, 0.3) is 0 Å². The van der Waals surface area contributed by atoms with Crippen molar-refractivity contribution < 1.29 is 4.79 Å². The van der Waals surface area contributed by atoms with Gasteiger partial charge >= 0.3 is 0 Å². The number of carbonyl (C=O) groups excluding carboxylic acids is 1. The van der Waals surface area contributed by atoms with E-state index in [-0.39, 0.29) is 13.3 Å². The van der Waals surface area contributed by atoms with Crippen LogP contribution in [0.3, 0.4) is 0 Å². The Morgan fingerprint density at radius 3 is 2.27 bits per heavy atom. The summed E-state index contributed by atoms with van der Waals surface area (Å²) in [6.45, 7) is 5.84. The van der Waals surface area contributed by atoms with Crippen molar-refractivity contribution in [1.29, 1.82) is 0 Å². The quantitative estimate of drug-likeness (QED) is 0.727. The van der Waals surface area contributed by atoms with Gasteiger partial charge in [-0.05, 0) is 17.5 Å². The number of nitrogens with zero attached hydrogens (tertiary/aromatic N) is 1. The molecule has 2 nitrogen and oxygen atoms in total. The van der Waals surface area contributed by atoms with Gasteiger partial charge in [0.15, 0.2) is 0 Å². The fraction of sp³-hybridized carbons (Fsp3) is 0.462. The first-order valence-electron chi connectivity index (χ1n) is 4.87. The van der Waals surface area contributed by atoms with E-state index in [0.29, 0.717) is 5.92 Å². The highest BCUT2D eigenvalue weighted by atomic mass is 16.2. The lowest BCUT2D eigenvalue weighted by Gasteiger charge is -2.20. The number of benzene rings is 1. The number of hydrogen-bond donors (Lipinski definition) is 0. The zero-order chi connectivity index (χ0) is 10.7. The second kappa shape index (κ2) is 5.54. The van der Waals surface area contributed by atoms with E-state index in [1.54, 1.807) is 11.8 Å². The maximum absolute atomic E-state index is 11.2. The fourth-order valence-corrected chi connectivity index (χ4v) is 1.45. The van der Waals surface area contributed by atoms with E-state index in [4.69, 9.17) is 0 Å². The molecule has 84 valence electrons. The summed E-state index contributed by atoms with van der Waals surface area (Å²) < 4.78 is 0. The molecule has 0 unspecified atom stereocenters. The zero-order valence-corrected chi connectivity index (χ0v) is 9.24. The molecule has 0 aliphatic rings. The lowest BCUT2D eigenvalue weighted by atomic mass is 10.0. The molecule has 0 heterocycles. The highest BCUT2D eigenvalue weighted by Gasteiger charge is 2.11. The van der Waals surface area contributed by atoms with Crippen molar-refractivity contribution in [3.8, 4) is 0 Å². The molecule has 1 amide bonds. The minimum Gasteiger partial charge on any atom is -0.315 e. The van der Waals surface area contributed by atoms with E-state index >= 15 is 0 Å². The van der Waals surface area contributed by atoms with Crippen molar-refractivity contribution in [2.24, 2.45) is 0 Å². The van der Waals surface area contributed by atoms with Crippen LogP contribution in [0.2, 0.25) is 0 Å². The second-order valence-corrected chi connectivity index (χ2v) is 3.79. The number of para-hydroxylation sites is 1. The molecule has 1 aromatic carbocycles. The fourth-order valence-electron chi connectivity index (χ4n) is 1.45. The van der Waals surface area contributed by atoms with Gasteiger partial charge in [-0.3, -0.25) is 4.79 Å². The summed E-state index contributed by atoms with van der Waals surface area (Å²) in [6.07, 6.45) is 0. The van der Waals surface area contributed by atoms with Crippen LogP contribution in [0.1, 0.15) is 39.7 Å². The molecular weight excluding hydrogens is 186 g/mol. The van der Waals surface area contributed by atoms with Crippen LogP contribution >= 0.6 is 0 Å². The standard InChI is InChI=1S/C12H17NO.CH4/c1-9(2)11-7-5-6-8-12(11)13(4)10(3)14;/h5-9H,1-4H3;1H4. The van der Waals surface area contributed by atoms with Gasteiger partial charge in [-0.15, -0.1) is 0 Å². The van der Waals surface area contributed by atoms with Gasteiger partial charge in [-0.1, -0.05) is 39.5 Å². The van der Waals surface area contributed by atoms with Crippen LogP contribution in [0, 0.1) is 0 Å². The summed E-state index contributed by atoms with van der Waals surface area (Å²) in [5.74, 6) is 0.506. The van der Waals surface area contributed by atoms with Crippen LogP contribution in [0.5, 0.6) is 0 Å². The van der Waals surface area contributed by atoms with E-state index in [2.05, 4.69) is 19.9 Å². The normalized spacial score (nSPS) is 9.67. The lowest BCUT2D eigenvalue weighted by molar-refractivity contribution is -0.116. The number of amides is 1. The van der Waals surface area contributed by atoms with Crippen molar-refractivity contribution in [1.82, 2.24) is 0 Å². The highest BCUT2D eigenvalue weighted by molar-refractivity contribution is 5.91. The molecule has 0 N–H and O–H groups in total. The lowest BCUT2D eigenvalue weighted by Crippen LogP contribution is -2.24. The van der Waals surface area contributed by atoms with Gasteiger partial charge in [0, 0.05) is 19.7 Å². The Balaban J connectivity index is 0.00000196. The third-order valence-corrected chi connectivity index (χ3v) is 2.39. The average Bonchev–Trinajstić information content (AvgIpc) is 2.16. The maximum Gasteiger partial charge on any atom is 0.223 e. The summed E-state index contributed by atoms with van der Waals surface area (Å²) in [4.78, 5) is 12.9. The third-order valence-electron chi connectivity index (χ3n) is 2.39. The second-order valence-electron chi connectivity index (χ2n) is 3.79. The zero-order valence-electron chi connectivity index (χ0n) is 9.24. The topological polar surface area (TPSA) is 20.3 Å². The Morgan fingerprint density at radius 2 is 1.80 bits per heavy atom. The van der Waals surface area contributed by atoms with E-state index in [9.17, 15) is 4.79 Å². The van der Waals surface area contributed by atoms with Gasteiger partial charge in [-0.25, -0.2) is 0 Å². The summed E-state index contributed by atoms with van der Waals surface area (Å²) in [5.41, 5.74) is 2.22. The molecule has 0 aliphatic carbocycles. The first-order chi connectivity index (χ1) is 6.54. The number of carbonyl (C=O) groups is 1. The van der Waals surface area contributed by atoms with Crippen molar-refractivity contribution >= 4 is 11.6 Å².